The van der Waals surface area contributed by atoms with Crippen LogP contribution in [0.3, 0.4) is 0 Å². The number of likely N-dealkylation sites (N-methyl/N-ethyl adjacent to an activating group) is 1. The molecule has 15 heteroatoms. The molecule has 1 aromatic carbocycles. The third kappa shape index (κ3) is 8.97. The normalized spacial score (nSPS) is 12.3. The van der Waals surface area contributed by atoms with Crippen molar-refractivity contribution in [1.82, 2.24) is 28.9 Å². The fraction of sp³-hybridized carbons (Fsp3) is 0.433. The predicted octanol–water partition coefficient (Wildman–Crippen LogP) is 3.33. The number of benzene rings is 1. The van der Waals surface area contributed by atoms with E-state index in [0.29, 0.717) is 17.5 Å². The number of nitrogens with one attached hydrogen (secondary N) is 1. The van der Waals surface area contributed by atoms with Crippen molar-refractivity contribution in [3.8, 4) is 0 Å². The first-order valence-electron chi connectivity index (χ1n) is 14.0. The van der Waals surface area contributed by atoms with Gasteiger partial charge >= 0.3 is 12.2 Å². The third-order valence-electron chi connectivity index (χ3n) is 6.45. The number of allylic oxidation sites excluding steroid dienone is 1. The first-order valence-corrected chi connectivity index (χ1v) is 14.0. The van der Waals surface area contributed by atoms with E-state index in [4.69, 9.17) is 4.74 Å². The van der Waals surface area contributed by atoms with Crippen LogP contribution in [0.1, 0.15) is 45.0 Å². The molecule has 1 unspecified atom stereocenters. The minimum atomic E-state index is -1.41. The largest absolute Gasteiger partial charge is 0.464 e. The van der Waals surface area contributed by atoms with Gasteiger partial charge in [-0.1, -0.05) is 26.8 Å². The van der Waals surface area contributed by atoms with Gasteiger partial charge in [0.2, 0.25) is 5.91 Å². The highest BCUT2D eigenvalue weighted by Gasteiger charge is 2.26. The van der Waals surface area contributed by atoms with Crippen LogP contribution in [-0.4, -0.2) is 92.3 Å². The van der Waals surface area contributed by atoms with Crippen molar-refractivity contribution in [2.24, 2.45) is 5.41 Å². The monoisotopic (exact) mass is 627 g/mol. The molecule has 2 N–H and O–H groups in total. The highest BCUT2D eigenvalue weighted by Crippen LogP contribution is 2.28. The van der Waals surface area contributed by atoms with Gasteiger partial charge in [-0.25, -0.2) is 28.5 Å². The fourth-order valence-electron chi connectivity index (χ4n) is 4.34. The van der Waals surface area contributed by atoms with Crippen LogP contribution in [0.5, 0.6) is 0 Å². The Hall–Kier alpha value is -5.08. The van der Waals surface area contributed by atoms with E-state index in [2.05, 4.69) is 15.3 Å². The van der Waals surface area contributed by atoms with Crippen LogP contribution >= 0.6 is 0 Å². The third-order valence-corrected chi connectivity index (χ3v) is 6.45. The van der Waals surface area contributed by atoms with Gasteiger partial charge in [0.25, 0.3) is 11.5 Å². The Morgan fingerprint density at radius 2 is 1.82 bits per heavy atom. The Morgan fingerprint density at radius 1 is 1.13 bits per heavy atom. The summed E-state index contributed by atoms with van der Waals surface area (Å²) in [4.78, 5) is 73.7. The van der Waals surface area contributed by atoms with Gasteiger partial charge < -0.3 is 29.5 Å². The van der Waals surface area contributed by atoms with Crippen molar-refractivity contribution in [2.45, 2.75) is 52.7 Å². The van der Waals surface area contributed by atoms with Crippen molar-refractivity contribution >= 4 is 40.9 Å². The van der Waals surface area contributed by atoms with Crippen molar-refractivity contribution in [3.05, 3.63) is 64.2 Å². The smallest absolute Gasteiger partial charge is 0.417 e. The minimum Gasteiger partial charge on any atom is -0.464 e. The number of hydrogen-bond acceptors (Lipinski definition) is 8. The molecular weight excluding hydrogens is 589 g/mol. The molecule has 0 saturated carbocycles. The Balaban J connectivity index is 1.92. The van der Waals surface area contributed by atoms with Gasteiger partial charge in [-0.15, -0.1) is 0 Å². The number of fused-ring (bicyclic) bond motifs is 1. The van der Waals surface area contributed by atoms with Crippen molar-refractivity contribution in [1.29, 1.82) is 0 Å². The Bertz CT molecular complexity index is 1690. The van der Waals surface area contributed by atoms with Gasteiger partial charge in [-0.3, -0.25) is 14.4 Å². The lowest BCUT2D eigenvalue weighted by Crippen LogP contribution is -2.38. The zero-order valence-corrected chi connectivity index (χ0v) is 26.3. The maximum atomic E-state index is 14.6. The number of carbonyl (C=O) groups is 4. The van der Waals surface area contributed by atoms with Gasteiger partial charge in [-0.2, -0.15) is 0 Å². The Kier molecular flexibility index (Phi) is 10.8. The summed E-state index contributed by atoms with van der Waals surface area (Å²) in [5.41, 5.74) is -0.176. The van der Waals surface area contributed by atoms with Crippen molar-refractivity contribution < 1.29 is 33.4 Å². The number of anilines is 1. The first kappa shape index (κ1) is 34.4. The maximum Gasteiger partial charge on any atom is 0.417 e. The van der Waals surface area contributed by atoms with Gasteiger partial charge in [0.15, 0.2) is 11.9 Å². The van der Waals surface area contributed by atoms with Crippen molar-refractivity contribution in [3.63, 3.8) is 0 Å². The second-order valence-corrected chi connectivity index (χ2v) is 12.0. The minimum absolute atomic E-state index is 0.000257. The van der Waals surface area contributed by atoms with E-state index in [1.165, 1.54) is 49.6 Å². The molecule has 0 aliphatic carbocycles. The summed E-state index contributed by atoms with van der Waals surface area (Å²) in [6.07, 6.45) is 2.46. The number of halogens is 1. The molecule has 0 bridgehead atoms. The van der Waals surface area contributed by atoms with Crippen LogP contribution in [0, 0.1) is 11.2 Å². The highest BCUT2D eigenvalue weighted by molar-refractivity contribution is 5.94. The molecule has 0 saturated heterocycles. The molecule has 3 rings (SSSR count). The molecule has 0 aliphatic heterocycles. The van der Waals surface area contributed by atoms with Crippen LogP contribution in [0.25, 0.3) is 11.0 Å². The second kappa shape index (κ2) is 14.1. The van der Waals surface area contributed by atoms with E-state index in [-0.39, 0.29) is 42.0 Å². The average molecular weight is 628 g/mol. The number of carboxylic acid groups (broad SMARTS) is 1. The summed E-state index contributed by atoms with van der Waals surface area (Å²) >= 11 is 0. The molecular formula is C30H38FN7O7. The quantitative estimate of drug-likeness (QED) is 0.320. The average Bonchev–Trinajstić information content (AvgIpc) is 3.29. The lowest BCUT2D eigenvalue weighted by atomic mass is 9.87. The number of imidazole rings is 1. The molecule has 242 valence electrons. The molecule has 1 atom stereocenters. The SMILES string of the molecule is CN(C)C(=O)/C=C/CCC(OC(=O)N(C)C)C(=O)Nc1nccn(Cc2nc3c(CC(C)(C)C)cc(F)cc3n2C(=O)O)c1=O. The first-order chi connectivity index (χ1) is 21.0. The lowest BCUT2D eigenvalue weighted by molar-refractivity contribution is -0.125. The fourth-order valence-corrected chi connectivity index (χ4v) is 4.34. The summed E-state index contributed by atoms with van der Waals surface area (Å²) in [6, 6.07) is 2.39. The summed E-state index contributed by atoms with van der Waals surface area (Å²) < 4.78 is 21.8. The zero-order valence-electron chi connectivity index (χ0n) is 26.3. The maximum absolute atomic E-state index is 14.6. The molecule has 0 aliphatic rings. The number of ether oxygens (including phenoxy) is 1. The van der Waals surface area contributed by atoms with Crippen LogP contribution in [0.4, 0.5) is 19.8 Å². The van der Waals surface area contributed by atoms with Crippen LogP contribution in [-0.2, 0) is 27.3 Å². The Labute approximate surface area is 259 Å². The predicted molar refractivity (Wildman–Crippen MR) is 164 cm³/mol. The molecule has 14 nitrogen and oxygen atoms in total. The number of nitrogens with zero attached hydrogens (tertiary/aromatic N) is 6. The number of carbonyl (C=O) groups excluding carboxylic acids is 3. The molecule has 0 spiro atoms. The van der Waals surface area contributed by atoms with Gasteiger partial charge in [0, 0.05) is 46.7 Å². The number of rotatable bonds is 10. The summed E-state index contributed by atoms with van der Waals surface area (Å²) in [7, 11) is 6.05. The van der Waals surface area contributed by atoms with Crippen molar-refractivity contribution in [2.75, 3.05) is 33.5 Å². The van der Waals surface area contributed by atoms with E-state index in [0.717, 1.165) is 20.1 Å². The van der Waals surface area contributed by atoms with Crippen LogP contribution < -0.4 is 10.9 Å². The van der Waals surface area contributed by atoms with E-state index < -0.39 is 41.4 Å². The molecule has 3 aromatic rings. The number of aromatic nitrogens is 4. The second-order valence-electron chi connectivity index (χ2n) is 12.0. The van der Waals surface area contributed by atoms with E-state index >= 15 is 0 Å². The summed E-state index contributed by atoms with van der Waals surface area (Å²) in [6.45, 7) is 5.53. The van der Waals surface area contributed by atoms with Gasteiger partial charge in [0.1, 0.15) is 11.6 Å². The molecule has 45 heavy (non-hydrogen) atoms. The van der Waals surface area contributed by atoms with Crippen LogP contribution in [0.2, 0.25) is 0 Å². The zero-order chi connectivity index (χ0) is 33.6. The lowest BCUT2D eigenvalue weighted by Gasteiger charge is -2.19. The number of hydrogen-bond donors (Lipinski definition) is 2. The highest BCUT2D eigenvalue weighted by atomic mass is 19.1. The van der Waals surface area contributed by atoms with Gasteiger partial charge in [-0.05, 0) is 42.4 Å². The number of amides is 3. The van der Waals surface area contributed by atoms with Gasteiger partial charge in [0.05, 0.1) is 17.6 Å². The molecule has 2 heterocycles. The molecule has 0 fully saturated rings. The molecule has 0 radical (unpaired) electrons. The topological polar surface area (TPSA) is 169 Å². The molecule has 3 amide bonds. The summed E-state index contributed by atoms with van der Waals surface area (Å²) in [5, 5.41) is 12.4. The standard InChI is InChI=1S/C30H38FN7O7/c1-30(2,3)16-18-14-19(31)15-20-24(18)33-22(38(20)28(42)43)17-37-13-12-32-25(27(37)41)34-26(40)21(45-29(44)36(6)7)10-8-9-11-23(39)35(4)5/h9,11-15,21H,8,10,16-17H2,1-7H3,(H,42,43)(H,32,34,40)/b11-9+. The van der Waals surface area contributed by atoms with Crippen LogP contribution in [0.15, 0.2) is 41.5 Å². The summed E-state index contributed by atoms with van der Waals surface area (Å²) in [5.74, 6) is -2.17. The Morgan fingerprint density at radius 3 is 2.42 bits per heavy atom. The van der Waals surface area contributed by atoms with E-state index in [1.807, 2.05) is 20.8 Å². The van der Waals surface area contributed by atoms with E-state index in [1.54, 1.807) is 14.1 Å². The molecule has 2 aromatic heterocycles. The van der Waals surface area contributed by atoms with E-state index in [9.17, 15) is 33.5 Å².